The van der Waals surface area contributed by atoms with Crippen LogP contribution in [0, 0.1) is 11.3 Å². The van der Waals surface area contributed by atoms with Gasteiger partial charge in [-0.1, -0.05) is 13.8 Å². The Hall–Kier alpha value is -2.52. The summed E-state index contributed by atoms with van der Waals surface area (Å²) in [5.41, 5.74) is 0.344. The van der Waals surface area contributed by atoms with Gasteiger partial charge in [0.05, 0.1) is 31.3 Å². The summed E-state index contributed by atoms with van der Waals surface area (Å²) < 4.78 is 11.4. The zero-order chi connectivity index (χ0) is 18.2. The Kier molecular flexibility index (Phi) is 4.44. The first-order chi connectivity index (χ1) is 12.0. The summed E-state index contributed by atoms with van der Waals surface area (Å²) in [6.07, 6.45) is 1.74. The maximum absolute atomic E-state index is 12.5. The average Bonchev–Trinajstić information content (AvgIpc) is 3.01. The maximum atomic E-state index is 12.5. The van der Waals surface area contributed by atoms with E-state index in [9.17, 15) is 15.2 Å². The zero-order valence-corrected chi connectivity index (χ0v) is 14.7. The topological polar surface area (TPSA) is 82.8 Å². The first kappa shape index (κ1) is 17.3. The molecule has 2 aliphatic heterocycles. The molecule has 25 heavy (non-hydrogen) atoms. The van der Waals surface area contributed by atoms with Crippen LogP contribution in [0.15, 0.2) is 30.0 Å². The fourth-order valence-corrected chi connectivity index (χ4v) is 3.70. The van der Waals surface area contributed by atoms with Crippen LogP contribution in [0.5, 0.6) is 5.75 Å². The third-order valence-electron chi connectivity index (χ3n) is 5.30. The maximum Gasteiger partial charge on any atom is 0.251 e. The van der Waals surface area contributed by atoms with Gasteiger partial charge >= 0.3 is 0 Å². The van der Waals surface area contributed by atoms with Crippen molar-refractivity contribution in [2.75, 3.05) is 13.7 Å². The highest BCUT2D eigenvalue weighted by Crippen LogP contribution is 2.46. The minimum absolute atomic E-state index is 0.211. The lowest BCUT2D eigenvalue weighted by molar-refractivity contribution is -0.142. The summed E-state index contributed by atoms with van der Waals surface area (Å²) in [5, 5.41) is 20.4. The minimum atomic E-state index is -0.905. The Labute approximate surface area is 147 Å². The van der Waals surface area contributed by atoms with Crippen LogP contribution in [0.2, 0.25) is 0 Å². The number of ether oxygens (including phenoxy) is 2. The van der Waals surface area contributed by atoms with E-state index in [1.54, 1.807) is 23.1 Å². The normalized spacial score (nSPS) is 24.2. The summed E-state index contributed by atoms with van der Waals surface area (Å²) in [7, 11) is 1.52. The third kappa shape index (κ3) is 2.65. The lowest BCUT2D eigenvalue weighted by atomic mass is 9.79. The van der Waals surface area contributed by atoms with E-state index < -0.39 is 17.7 Å². The van der Waals surface area contributed by atoms with Gasteiger partial charge in [-0.25, -0.2) is 0 Å². The van der Waals surface area contributed by atoms with Crippen LogP contribution in [-0.2, 0) is 9.53 Å². The number of aliphatic hydroxyl groups is 1. The van der Waals surface area contributed by atoms with Crippen molar-refractivity contribution in [3.8, 4) is 11.8 Å². The van der Waals surface area contributed by atoms with Crippen molar-refractivity contribution in [3.63, 3.8) is 0 Å². The second-order valence-corrected chi connectivity index (χ2v) is 6.41. The van der Waals surface area contributed by atoms with Crippen molar-refractivity contribution in [2.45, 2.75) is 44.4 Å². The second kappa shape index (κ2) is 6.41. The standard InChI is InChI=1S/C19H22N2O4/c1-4-19(5-2)18(23)17(21-11-13(24-3)9-16(21)22)14-8-12(10-20)6-7-15(14)25-19/h6-9,17-18,23H,4-5,11H2,1-3H3. The molecular formula is C19H22N2O4. The molecule has 0 spiro atoms. The Morgan fingerprint density at radius 3 is 2.72 bits per heavy atom. The van der Waals surface area contributed by atoms with Gasteiger partial charge in [0.1, 0.15) is 23.2 Å². The number of rotatable bonds is 4. The molecule has 0 saturated heterocycles. The van der Waals surface area contributed by atoms with Crippen LogP contribution >= 0.6 is 0 Å². The van der Waals surface area contributed by atoms with Crippen molar-refractivity contribution in [1.82, 2.24) is 4.90 Å². The van der Waals surface area contributed by atoms with Gasteiger partial charge in [0.2, 0.25) is 0 Å². The van der Waals surface area contributed by atoms with Crippen LogP contribution in [0.25, 0.3) is 0 Å². The van der Waals surface area contributed by atoms with Crippen molar-refractivity contribution in [3.05, 3.63) is 41.2 Å². The molecule has 1 aromatic rings. The van der Waals surface area contributed by atoms with E-state index in [4.69, 9.17) is 9.47 Å². The average molecular weight is 342 g/mol. The number of benzene rings is 1. The van der Waals surface area contributed by atoms with Crippen LogP contribution < -0.4 is 4.74 Å². The predicted molar refractivity (Wildman–Crippen MR) is 90.7 cm³/mol. The summed E-state index contributed by atoms with van der Waals surface area (Å²) >= 11 is 0. The highest BCUT2D eigenvalue weighted by atomic mass is 16.5. The fourth-order valence-electron chi connectivity index (χ4n) is 3.70. The molecule has 0 aromatic heterocycles. The first-order valence-electron chi connectivity index (χ1n) is 8.46. The van der Waals surface area contributed by atoms with Gasteiger partial charge in [-0.3, -0.25) is 4.79 Å². The molecule has 0 fully saturated rings. The summed E-state index contributed by atoms with van der Waals surface area (Å²) in [5.74, 6) is 0.953. The van der Waals surface area contributed by atoms with Crippen molar-refractivity contribution in [2.24, 2.45) is 0 Å². The monoisotopic (exact) mass is 342 g/mol. The molecule has 0 aliphatic carbocycles. The van der Waals surface area contributed by atoms with E-state index in [0.29, 0.717) is 35.5 Å². The quantitative estimate of drug-likeness (QED) is 0.908. The molecule has 6 nitrogen and oxygen atoms in total. The van der Waals surface area contributed by atoms with E-state index in [0.717, 1.165) is 0 Å². The number of aliphatic hydroxyl groups excluding tert-OH is 1. The molecule has 0 bridgehead atoms. The van der Waals surface area contributed by atoms with Crippen LogP contribution in [0.3, 0.4) is 0 Å². The molecule has 3 rings (SSSR count). The van der Waals surface area contributed by atoms with E-state index in [2.05, 4.69) is 6.07 Å². The lowest BCUT2D eigenvalue weighted by Gasteiger charge is -2.48. The van der Waals surface area contributed by atoms with Gasteiger partial charge in [-0.05, 0) is 31.0 Å². The van der Waals surface area contributed by atoms with E-state index in [1.165, 1.54) is 13.2 Å². The Morgan fingerprint density at radius 1 is 1.44 bits per heavy atom. The number of hydrogen-bond donors (Lipinski definition) is 1. The summed E-state index contributed by atoms with van der Waals surface area (Å²) in [4.78, 5) is 14.1. The number of nitriles is 1. The van der Waals surface area contributed by atoms with Gasteiger partial charge in [0.25, 0.3) is 5.91 Å². The summed E-state index contributed by atoms with van der Waals surface area (Å²) in [6.45, 7) is 4.21. The van der Waals surface area contributed by atoms with E-state index in [-0.39, 0.29) is 12.5 Å². The number of carbonyl (C=O) groups excluding carboxylic acids is 1. The largest absolute Gasteiger partial charge is 0.499 e. The molecule has 6 heteroatoms. The molecule has 132 valence electrons. The van der Waals surface area contributed by atoms with Gasteiger partial charge in [-0.15, -0.1) is 0 Å². The molecule has 1 N–H and O–H groups in total. The number of carbonyl (C=O) groups is 1. The van der Waals surface area contributed by atoms with Gasteiger partial charge in [0, 0.05) is 11.6 Å². The highest BCUT2D eigenvalue weighted by molar-refractivity contribution is 5.91. The molecule has 0 saturated carbocycles. The van der Waals surface area contributed by atoms with Gasteiger partial charge in [0.15, 0.2) is 0 Å². The molecule has 0 radical (unpaired) electrons. The van der Waals surface area contributed by atoms with Crippen LogP contribution in [0.4, 0.5) is 0 Å². The summed E-state index contributed by atoms with van der Waals surface area (Å²) in [6, 6.07) is 6.64. The third-order valence-corrected chi connectivity index (χ3v) is 5.30. The Morgan fingerprint density at radius 2 is 2.16 bits per heavy atom. The lowest BCUT2D eigenvalue weighted by Crippen LogP contribution is -2.56. The number of hydrogen-bond acceptors (Lipinski definition) is 5. The Bertz CT molecular complexity index is 761. The molecular weight excluding hydrogens is 320 g/mol. The number of methoxy groups -OCH3 is 1. The van der Waals surface area contributed by atoms with Crippen LogP contribution in [0.1, 0.15) is 43.9 Å². The van der Waals surface area contributed by atoms with Crippen molar-refractivity contribution in [1.29, 1.82) is 5.26 Å². The molecule has 2 unspecified atom stereocenters. The number of amides is 1. The second-order valence-electron chi connectivity index (χ2n) is 6.41. The molecule has 1 aromatic carbocycles. The van der Waals surface area contributed by atoms with Gasteiger partial charge < -0.3 is 19.5 Å². The minimum Gasteiger partial charge on any atom is -0.499 e. The van der Waals surface area contributed by atoms with E-state index in [1.807, 2.05) is 13.8 Å². The first-order valence-corrected chi connectivity index (χ1v) is 8.46. The zero-order valence-electron chi connectivity index (χ0n) is 14.7. The van der Waals surface area contributed by atoms with Crippen molar-refractivity contribution < 1.29 is 19.4 Å². The number of nitrogens with zero attached hydrogens (tertiary/aromatic N) is 2. The fraction of sp³-hybridized carbons (Fsp3) is 0.474. The predicted octanol–water partition coefficient (Wildman–Crippen LogP) is 2.28. The molecule has 1 amide bonds. The van der Waals surface area contributed by atoms with Crippen molar-refractivity contribution >= 4 is 5.91 Å². The van der Waals surface area contributed by atoms with E-state index >= 15 is 0 Å². The SMILES string of the molecule is CCC1(CC)Oc2ccc(C#N)cc2C(N2CC(OC)=CC2=O)C1O. The van der Waals surface area contributed by atoms with Crippen LogP contribution in [-0.4, -0.2) is 41.3 Å². The molecule has 2 heterocycles. The smallest absolute Gasteiger partial charge is 0.251 e. The highest BCUT2D eigenvalue weighted by Gasteiger charge is 2.50. The number of fused-ring (bicyclic) bond motifs is 1. The Balaban J connectivity index is 2.11. The molecule has 2 atom stereocenters. The molecule has 2 aliphatic rings. The van der Waals surface area contributed by atoms with Gasteiger partial charge in [-0.2, -0.15) is 5.26 Å².